The van der Waals surface area contributed by atoms with E-state index in [2.05, 4.69) is 9.47 Å². The van der Waals surface area contributed by atoms with Crippen LogP contribution >= 0.6 is 0 Å². The fourth-order valence-corrected chi connectivity index (χ4v) is 0.688. The molecule has 0 aliphatic carbocycles. The van der Waals surface area contributed by atoms with E-state index in [0.717, 1.165) is 0 Å². The van der Waals surface area contributed by atoms with E-state index in [1.807, 2.05) is 0 Å². The Morgan fingerprint density at radius 1 is 0.929 bits per heavy atom. The Labute approximate surface area is 83.2 Å². The van der Waals surface area contributed by atoms with E-state index in [0.29, 0.717) is 12.8 Å². The van der Waals surface area contributed by atoms with Crippen molar-refractivity contribution in [2.45, 2.75) is 12.8 Å². The average molecular weight is 198 g/mol. The van der Waals surface area contributed by atoms with Crippen LogP contribution in [-0.2, 0) is 19.1 Å². The molecule has 4 nitrogen and oxygen atoms in total. The zero-order chi connectivity index (χ0) is 10.8. The molecule has 78 valence electrons. The zero-order valence-electron chi connectivity index (χ0n) is 8.36. The maximum atomic E-state index is 10.6. The molecular weight excluding hydrogens is 184 g/mol. The molecule has 0 heterocycles. The van der Waals surface area contributed by atoms with Crippen LogP contribution in [0.3, 0.4) is 0 Å². The molecule has 0 atom stereocenters. The molecule has 0 amide bonds. The molecular formula is C10H14O4. The van der Waals surface area contributed by atoms with E-state index in [4.69, 9.17) is 0 Å². The second-order valence-corrected chi connectivity index (χ2v) is 2.43. The van der Waals surface area contributed by atoms with Gasteiger partial charge in [-0.05, 0) is 12.8 Å². The molecule has 0 aromatic heterocycles. The lowest BCUT2D eigenvalue weighted by Crippen LogP contribution is -1.93. The number of hydrogen-bond donors (Lipinski definition) is 0. The third kappa shape index (κ3) is 7.09. The molecule has 14 heavy (non-hydrogen) atoms. The molecule has 0 N–H and O–H groups in total. The number of allylic oxidation sites excluding steroid dienone is 2. The highest BCUT2D eigenvalue weighted by Crippen LogP contribution is 1.93. The number of rotatable bonds is 5. The largest absolute Gasteiger partial charge is 0.466 e. The molecule has 0 aromatic rings. The predicted octanol–water partition coefficient (Wildman–Crippen LogP) is 1.22. The lowest BCUT2D eigenvalue weighted by atomic mass is 10.2. The fraction of sp³-hybridized carbons (Fsp3) is 0.400. The summed E-state index contributed by atoms with van der Waals surface area (Å²) in [6.07, 6.45) is 7.45. The van der Waals surface area contributed by atoms with Crippen LogP contribution in [0, 0.1) is 0 Å². The number of hydrogen-bond acceptors (Lipinski definition) is 4. The molecule has 0 unspecified atom stereocenters. The van der Waals surface area contributed by atoms with Crippen molar-refractivity contribution in [2.24, 2.45) is 0 Å². The molecule has 0 radical (unpaired) electrons. The van der Waals surface area contributed by atoms with Crippen molar-refractivity contribution < 1.29 is 19.1 Å². The monoisotopic (exact) mass is 198 g/mol. The summed E-state index contributed by atoms with van der Waals surface area (Å²) in [5.41, 5.74) is 0. The maximum absolute atomic E-state index is 10.6. The van der Waals surface area contributed by atoms with Gasteiger partial charge in [0.2, 0.25) is 0 Å². The molecule has 0 saturated carbocycles. The summed E-state index contributed by atoms with van der Waals surface area (Å²) < 4.78 is 8.79. The van der Waals surface area contributed by atoms with Crippen molar-refractivity contribution in [3.05, 3.63) is 24.3 Å². The molecule has 0 bridgehead atoms. The second kappa shape index (κ2) is 8.04. The number of esters is 2. The SMILES string of the molecule is COC(=O)/C=C\CC/C=C/C(=O)OC. The molecule has 0 saturated heterocycles. The number of ether oxygens (including phenoxy) is 2. The minimum Gasteiger partial charge on any atom is -0.466 e. The Kier molecular flexibility index (Phi) is 7.13. The normalized spacial score (nSPS) is 10.7. The Balaban J connectivity index is 3.56. The third-order valence-corrected chi connectivity index (χ3v) is 1.41. The highest BCUT2D eigenvalue weighted by molar-refractivity contribution is 5.82. The van der Waals surface area contributed by atoms with Gasteiger partial charge >= 0.3 is 11.9 Å². The zero-order valence-corrected chi connectivity index (χ0v) is 8.36. The minimum absolute atomic E-state index is 0.373. The Morgan fingerprint density at radius 3 is 1.57 bits per heavy atom. The molecule has 0 aliphatic rings. The van der Waals surface area contributed by atoms with Crippen LogP contribution in [0.4, 0.5) is 0 Å². The number of unbranched alkanes of at least 4 members (excludes halogenated alkanes) is 1. The smallest absolute Gasteiger partial charge is 0.330 e. The standard InChI is InChI=1S/C10H14O4/c1-13-9(11)7-5-3-4-6-8-10(12)14-2/h5-8H,3-4H2,1-2H3/b7-5-,8-6+. The van der Waals surface area contributed by atoms with Crippen molar-refractivity contribution in [1.82, 2.24) is 0 Å². The van der Waals surface area contributed by atoms with Crippen LogP contribution in [-0.4, -0.2) is 26.2 Å². The van der Waals surface area contributed by atoms with Gasteiger partial charge in [0.05, 0.1) is 14.2 Å². The Bertz CT molecular complexity index is 215. The topological polar surface area (TPSA) is 52.6 Å². The first-order chi connectivity index (χ1) is 6.70. The lowest BCUT2D eigenvalue weighted by Gasteiger charge is -1.90. The van der Waals surface area contributed by atoms with Gasteiger partial charge in [0.25, 0.3) is 0 Å². The number of methoxy groups -OCH3 is 2. The summed E-state index contributed by atoms with van der Waals surface area (Å²) in [5.74, 6) is -0.746. The predicted molar refractivity (Wildman–Crippen MR) is 51.5 cm³/mol. The van der Waals surface area contributed by atoms with E-state index in [1.165, 1.54) is 26.4 Å². The van der Waals surface area contributed by atoms with Gasteiger partial charge in [-0.3, -0.25) is 0 Å². The van der Waals surface area contributed by atoms with Gasteiger partial charge < -0.3 is 9.47 Å². The fourth-order valence-electron chi connectivity index (χ4n) is 0.688. The molecule has 0 aliphatic heterocycles. The van der Waals surface area contributed by atoms with Crippen molar-refractivity contribution in [1.29, 1.82) is 0 Å². The third-order valence-electron chi connectivity index (χ3n) is 1.41. The first-order valence-electron chi connectivity index (χ1n) is 4.19. The van der Waals surface area contributed by atoms with Crippen LogP contribution in [0.1, 0.15) is 12.8 Å². The molecule has 0 spiro atoms. The lowest BCUT2D eigenvalue weighted by molar-refractivity contribution is -0.135. The summed E-state index contributed by atoms with van der Waals surface area (Å²) in [5, 5.41) is 0. The number of carbonyl (C=O) groups is 2. The summed E-state index contributed by atoms with van der Waals surface area (Å²) in [6, 6.07) is 0. The van der Waals surface area contributed by atoms with Crippen molar-refractivity contribution in [3.63, 3.8) is 0 Å². The van der Waals surface area contributed by atoms with E-state index >= 15 is 0 Å². The summed E-state index contributed by atoms with van der Waals surface area (Å²) in [7, 11) is 2.65. The van der Waals surface area contributed by atoms with Crippen LogP contribution in [0.2, 0.25) is 0 Å². The molecule has 4 heteroatoms. The highest BCUT2D eigenvalue weighted by Gasteiger charge is 1.90. The van der Waals surface area contributed by atoms with Crippen LogP contribution in [0.15, 0.2) is 24.3 Å². The maximum Gasteiger partial charge on any atom is 0.330 e. The van der Waals surface area contributed by atoms with Crippen LogP contribution < -0.4 is 0 Å². The van der Waals surface area contributed by atoms with Gasteiger partial charge in [0.15, 0.2) is 0 Å². The van der Waals surface area contributed by atoms with Gasteiger partial charge in [-0.15, -0.1) is 0 Å². The van der Waals surface area contributed by atoms with Crippen molar-refractivity contribution in [2.75, 3.05) is 14.2 Å². The summed E-state index contributed by atoms with van der Waals surface area (Å²) in [6.45, 7) is 0. The summed E-state index contributed by atoms with van der Waals surface area (Å²) >= 11 is 0. The van der Waals surface area contributed by atoms with E-state index < -0.39 is 0 Å². The van der Waals surface area contributed by atoms with Gasteiger partial charge in [-0.25, -0.2) is 9.59 Å². The molecule has 0 rings (SSSR count). The Morgan fingerprint density at radius 2 is 1.29 bits per heavy atom. The first kappa shape index (κ1) is 12.4. The van der Waals surface area contributed by atoms with Gasteiger partial charge in [0, 0.05) is 12.2 Å². The van der Waals surface area contributed by atoms with Gasteiger partial charge in [0.1, 0.15) is 0 Å². The second-order valence-electron chi connectivity index (χ2n) is 2.43. The van der Waals surface area contributed by atoms with Crippen molar-refractivity contribution >= 4 is 11.9 Å². The Hall–Kier alpha value is -1.58. The summed E-state index contributed by atoms with van der Waals surface area (Å²) in [4.78, 5) is 21.2. The minimum atomic E-state index is -0.373. The number of carbonyl (C=O) groups excluding carboxylic acids is 2. The van der Waals surface area contributed by atoms with Gasteiger partial charge in [-0.2, -0.15) is 0 Å². The van der Waals surface area contributed by atoms with Crippen LogP contribution in [0.5, 0.6) is 0 Å². The van der Waals surface area contributed by atoms with E-state index in [-0.39, 0.29) is 11.9 Å². The van der Waals surface area contributed by atoms with E-state index in [9.17, 15) is 9.59 Å². The van der Waals surface area contributed by atoms with E-state index in [1.54, 1.807) is 12.2 Å². The molecule has 0 fully saturated rings. The highest BCUT2D eigenvalue weighted by atomic mass is 16.5. The average Bonchev–Trinajstić information content (AvgIpc) is 2.22. The van der Waals surface area contributed by atoms with Crippen molar-refractivity contribution in [3.8, 4) is 0 Å². The molecule has 0 aromatic carbocycles. The van der Waals surface area contributed by atoms with Gasteiger partial charge in [-0.1, -0.05) is 12.2 Å². The van der Waals surface area contributed by atoms with Crippen LogP contribution in [0.25, 0.3) is 0 Å². The quantitative estimate of drug-likeness (QED) is 0.378. The first-order valence-corrected chi connectivity index (χ1v) is 4.19.